The zero-order chi connectivity index (χ0) is 20.1. The molecule has 1 aliphatic carbocycles. The number of nitrogens with zero attached hydrogens (tertiary/aromatic N) is 3. The number of alkyl halides is 3. The van der Waals surface area contributed by atoms with Crippen molar-refractivity contribution in [3.05, 3.63) is 17.9 Å². The lowest BCUT2D eigenvalue weighted by molar-refractivity contribution is -0.156. The Kier molecular flexibility index (Phi) is 5.24. The van der Waals surface area contributed by atoms with Crippen LogP contribution < -0.4 is 9.62 Å². The molecule has 0 unspecified atom stereocenters. The third-order valence-electron chi connectivity index (χ3n) is 5.87. The van der Waals surface area contributed by atoms with Crippen molar-refractivity contribution in [2.24, 2.45) is 10.9 Å². The number of piperidine rings is 1. The van der Waals surface area contributed by atoms with Crippen LogP contribution in [0.3, 0.4) is 0 Å². The number of halogens is 4. The van der Waals surface area contributed by atoms with Crippen molar-refractivity contribution in [2.45, 2.75) is 55.8 Å². The van der Waals surface area contributed by atoms with E-state index in [9.17, 15) is 17.6 Å². The summed E-state index contributed by atoms with van der Waals surface area (Å²) in [5.41, 5.74) is 0.714. The number of benzene rings is 1. The minimum absolute atomic E-state index is 0.0241. The van der Waals surface area contributed by atoms with E-state index in [1.807, 2.05) is 18.9 Å². The van der Waals surface area contributed by atoms with Crippen LogP contribution in [0.2, 0.25) is 0 Å². The second-order valence-electron chi connectivity index (χ2n) is 7.75. The van der Waals surface area contributed by atoms with Crippen LogP contribution in [0.15, 0.2) is 22.0 Å². The number of hydrogen-bond acceptors (Lipinski definition) is 5. The van der Waals surface area contributed by atoms with Crippen LogP contribution in [0.4, 0.5) is 28.9 Å². The lowest BCUT2D eigenvalue weighted by atomic mass is 9.94. The predicted octanol–water partition coefficient (Wildman–Crippen LogP) is 4.73. The number of aliphatic imine (C=N–C) groups is 1. The maximum absolute atomic E-state index is 14.3. The molecular formula is C19H24F4N4S. The normalized spacial score (nSPS) is 25.4. The summed E-state index contributed by atoms with van der Waals surface area (Å²) in [4.78, 5) is 8.42. The molecule has 4 nitrogen and oxygen atoms in total. The smallest absolute Gasteiger partial charge is 0.358 e. The number of anilines is 1. The van der Waals surface area contributed by atoms with Gasteiger partial charge in [0.1, 0.15) is 23.4 Å². The monoisotopic (exact) mass is 416 g/mol. The van der Waals surface area contributed by atoms with Crippen molar-refractivity contribution in [1.29, 1.82) is 0 Å². The number of hydrogen-bond donors (Lipinski definition) is 1. The molecule has 3 aliphatic rings. The van der Waals surface area contributed by atoms with Crippen LogP contribution in [-0.2, 0) is 0 Å². The Morgan fingerprint density at radius 3 is 2.68 bits per heavy atom. The lowest BCUT2D eigenvalue weighted by Crippen LogP contribution is -2.55. The van der Waals surface area contributed by atoms with Gasteiger partial charge < -0.3 is 14.5 Å². The molecule has 0 radical (unpaired) electrons. The molecule has 2 aliphatic heterocycles. The van der Waals surface area contributed by atoms with E-state index in [0.717, 1.165) is 18.7 Å². The average molecular weight is 416 g/mol. The molecule has 1 saturated heterocycles. The number of fused-ring (bicyclic) bond motifs is 1. The fourth-order valence-electron chi connectivity index (χ4n) is 3.96. The highest BCUT2D eigenvalue weighted by molar-refractivity contribution is 7.98. The maximum atomic E-state index is 14.3. The highest BCUT2D eigenvalue weighted by Gasteiger charge is 2.48. The van der Waals surface area contributed by atoms with Crippen molar-refractivity contribution in [1.82, 2.24) is 9.62 Å². The first-order chi connectivity index (χ1) is 13.3. The van der Waals surface area contributed by atoms with Gasteiger partial charge in [-0.3, -0.25) is 0 Å². The molecule has 28 heavy (non-hydrogen) atoms. The first kappa shape index (κ1) is 19.8. The van der Waals surface area contributed by atoms with Gasteiger partial charge in [0, 0.05) is 18.5 Å². The van der Waals surface area contributed by atoms with Crippen molar-refractivity contribution in [2.75, 3.05) is 25.0 Å². The summed E-state index contributed by atoms with van der Waals surface area (Å²) in [5, 5.41) is 0. The predicted molar refractivity (Wildman–Crippen MR) is 104 cm³/mol. The Balaban J connectivity index is 1.72. The second-order valence-corrected chi connectivity index (χ2v) is 8.60. The molecule has 1 saturated carbocycles. The first-order valence-electron chi connectivity index (χ1n) is 9.66. The van der Waals surface area contributed by atoms with E-state index < -0.39 is 18.0 Å². The van der Waals surface area contributed by atoms with Gasteiger partial charge in [-0.1, -0.05) is 6.92 Å². The lowest BCUT2D eigenvalue weighted by Gasteiger charge is -2.44. The van der Waals surface area contributed by atoms with Crippen LogP contribution in [-0.4, -0.2) is 49.1 Å². The van der Waals surface area contributed by atoms with Gasteiger partial charge in [0.25, 0.3) is 0 Å². The third-order valence-corrected chi connectivity index (χ3v) is 6.71. The molecule has 0 spiro atoms. The molecule has 1 aromatic carbocycles. The minimum Gasteiger partial charge on any atom is -0.358 e. The van der Waals surface area contributed by atoms with Gasteiger partial charge in [-0.05, 0) is 63.4 Å². The molecule has 2 atom stereocenters. The molecule has 154 valence electrons. The second kappa shape index (κ2) is 7.40. The quantitative estimate of drug-likeness (QED) is 0.568. The molecule has 9 heteroatoms. The van der Waals surface area contributed by atoms with Crippen LogP contribution in [0.5, 0.6) is 0 Å². The van der Waals surface area contributed by atoms with Gasteiger partial charge in [-0.2, -0.15) is 13.2 Å². The molecule has 0 bridgehead atoms. The molecule has 4 rings (SSSR count). The summed E-state index contributed by atoms with van der Waals surface area (Å²) in [6.07, 6.45) is -1.76. The average Bonchev–Trinajstić information content (AvgIpc) is 3.50. The largest absolute Gasteiger partial charge is 0.408 e. The molecular weight excluding hydrogens is 392 g/mol. The van der Waals surface area contributed by atoms with E-state index >= 15 is 0 Å². The topological polar surface area (TPSA) is 30.9 Å². The Morgan fingerprint density at radius 1 is 1.29 bits per heavy atom. The summed E-state index contributed by atoms with van der Waals surface area (Å²) >= 11 is 1.24. The van der Waals surface area contributed by atoms with Crippen LogP contribution in [0, 0.1) is 11.7 Å². The van der Waals surface area contributed by atoms with E-state index in [2.05, 4.69) is 9.71 Å². The standard InChI is InChI=1S/C19H24F4N4S/c1-3-26(2)13-6-7-27(16(10-13)19(21,22)23)14-8-12(20)9-15-17(14)24-18(25-28-15)11-4-5-11/h8-9,11,13,16H,3-7,10H2,1-2H3,(H,24,25)/t13-,16+/m1/s1. The fraction of sp³-hybridized carbons (Fsp3) is 0.632. The first-order valence-corrected chi connectivity index (χ1v) is 10.5. The number of nitrogens with one attached hydrogen (secondary N) is 1. The van der Waals surface area contributed by atoms with E-state index in [4.69, 9.17) is 0 Å². The number of rotatable bonds is 4. The Morgan fingerprint density at radius 2 is 2.04 bits per heavy atom. The molecule has 1 N–H and O–H groups in total. The molecule has 2 heterocycles. The molecule has 1 aromatic rings. The van der Waals surface area contributed by atoms with Gasteiger partial charge >= 0.3 is 6.18 Å². The van der Waals surface area contributed by atoms with E-state index in [1.165, 1.54) is 29.0 Å². The van der Waals surface area contributed by atoms with Crippen LogP contribution >= 0.6 is 11.9 Å². The van der Waals surface area contributed by atoms with Crippen molar-refractivity contribution < 1.29 is 17.6 Å². The van der Waals surface area contributed by atoms with Gasteiger partial charge in [-0.25, -0.2) is 9.38 Å². The van der Waals surface area contributed by atoms with Gasteiger partial charge in [-0.15, -0.1) is 0 Å². The molecule has 0 amide bonds. The van der Waals surface area contributed by atoms with Gasteiger partial charge in [0.05, 0.1) is 10.6 Å². The van der Waals surface area contributed by atoms with Crippen molar-refractivity contribution in [3.8, 4) is 0 Å². The van der Waals surface area contributed by atoms with Crippen LogP contribution in [0.1, 0.15) is 32.6 Å². The highest BCUT2D eigenvalue weighted by Crippen LogP contribution is 2.46. The zero-order valence-corrected chi connectivity index (χ0v) is 16.7. The van der Waals surface area contributed by atoms with E-state index in [0.29, 0.717) is 29.5 Å². The van der Waals surface area contributed by atoms with Crippen molar-refractivity contribution >= 4 is 29.2 Å². The summed E-state index contributed by atoms with van der Waals surface area (Å²) in [5.74, 6) is 0.581. The minimum atomic E-state index is -4.39. The molecule has 2 fully saturated rings. The van der Waals surface area contributed by atoms with E-state index in [1.54, 1.807) is 0 Å². The highest BCUT2D eigenvalue weighted by atomic mass is 32.2. The summed E-state index contributed by atoms with van der Waals surface area (Å²) in [6.45, 7) is 2.86. The summed E-state index contributed by atoms with van der Waals surface area (Å²) < 4.78 is 59.2. The van der Waals surface area contributed by atoms with E-state index in [-0.39, 0.29) is 24.7 Å². The SMILES string of the molecule is CCN(C)[C@@H]1CCN(c2cc(F)cc3c2N=C(C2CC2)NS3)[C@H](C(F)(F)F)C1. The van der Waals surface area contributed by atoms with Crippen LogP contribution in [0.25, 0.3) is 0 Å². The summed E-state index contributed by atoms with van der Waals surface area (Å²) in [7, 11) is 1.85. The fourth-order valence-corrected chi connectivity index (χ4v) is 4.80. The molecule has 0 aromatic heterocycles. The Hall–Kier alpha value is -1.48. The maximum Gasteiger partial charge on any atom is 0.408 e. The number of amidine groups is 1. The zero-order valence-electron chi connectivity index (χ0n) is 15.9. The Labute approximate surface area is 166 Å². The third kappa shape index (κ3) is 3.83. The Bertz CT molecular complexity index is 778. The summed E-state index contributed by atoms with van der Waals surface area (Å²) in [6, 6.07) is 0.759. The van der Waals surface area contributed by atoms with Crippen molar-refractivity contribution in [3.63, 3.8) is 0 Å². The van der Waals surface area contributed by atoms with Gasteiger partial charge in [0.15, 0.2) is 0 Å². The van der Waals surface area contributed by atoms with Gasteiger partial charge in [0.2, 0.25) is 0 Å².